The third-order valence-corrected chi connectivity index (χ3v) is 6.45. The van der Waals surface area contributed by atoms with Gasteiger partial charge >= 0.3 is 5.97 Å². The van der Waals surface area contributed by atoms with Gasteiger partial charge in [0.15, 0.2) is 0 Å². The van der Waals surface area contributed by atoms with Crippen molar-refractivity contribution in [2.24, 2.45) is 0 Å². The number of hydrogen-bond acceptors (Lipinski definition) is 9. The molecule has 1 unspecified atom stereocenters. The van der Waals surface area contributed by atoms with Crippen LogP contribution in [0.3, 0.4) is 0 Å². The van der Waals surface area contributed by atoms with Crippen molar-refractivity contribution in [2.75, 3.05) is 18.5 Å². The average molecular weight is 607 g/mol. The molecule has 1 atom stereocenters. The number of aryl methyl sites for hydroxylation is 1. The summed E-state index contributed by atoms with van der Waals surface area (Å²) in [6.07, 6.45) is 4.98. The Labute approximate surface area is 254 Å². The molecule has 0 aliphatic heterocycles. The Balaban J connectivity index is 1.48. The lowest BCUT2D eigenvalue weighted by molar-refractivity contribution is -0.117. The van der Waals surface area contributed by atoms with Gasteiger partial charge < -0.3 is 20.5 Å². The maximum atomic E-state index is 13.1. The van der Waals surface area contributed by atoms with Gasteiger partial charge in [-0.1, -0.05) is 11.6 Å². The molecular weight excluding hydrogens is 572 g/mol. The van der Waals surface area contributed by atoms with E-state index in [9.17, 15) is 14.7 Å². The maximum Gasteiger partial charge on any atom is 0.338 e. The van der Waals surface area contributed by atoms with Crippen LogP contribution in [0.2, 0.25) is 5.02 Å². The summed E-state index contributed by atoms with van der Waals surface area (Å²) in [6.45, 7) is 8.12. The number of anilines is 1. The summed E-state index contributed by atoms with van der Waals surface area (Å²) in [5.41, 5.74) is 3.65. The lowest BCUT2D eigenvalue weighted by atomic mass is 10.1. The fourth-order valence-electron chi connectivity index (χ4n) is 4.28. The molecule has 0 saturated carbocycles. The lowest BCUT2D eigenvalue weighted by Gasteiger charge is -2.20. The largest absolute Gasteiger partial charge is 0.456 e. The van der Waals surface area contributed by atoms with Gasteiger partial charge in [-0.3, -0.25) is 9.48 Å². The fraction of sp³-hybridized carbons (Fsp3) is 0.333. The van der Waals surface area contributed by atoms with Gasteiger partial charge in [-0.2, -0.15) is 9.78 Å². The molecule has 2 aromatic carbocycles. The Morgan fingerprint density at radius 2 is 1.91 bits per heavy atom. The Morgan fingerprint density at radius 1 is 1.14 bits per heavy atom. The van der Waals surface area contributed by atoms with E-state index >= 15 is 0 Å². The van der Waals surface area contributed by atoms with Crippen LogP contribution in [0.5, 0.6) is 0 Å². The molecule has 0 aliphatic carbocycles. The van der Waals surface area contributed by atoms with E-state index in [4.69, 9.17) is 16.3 Å². The Kier molecular flexibility index (Phi) is 10.3. The molecule has 3 N–H and O–H groups in total. The highest BCUT2D eigenvalue weighted by molar-refractivity contribution is 6.30. The van der Waals surface area contributed by atoms with Crippen molar-refractivity contribution in [3.63, 3.8) is 0 Å². The van der Waals surface area contributed by atoms with Gasteiger partial charge in [0.05, 0.1) is 36.1 Å². The number of rotatable bonds is 12. The predicted octanol–water partition coefficient (Wildman–Crippen LogP) is 3.62. The Morgan fingerprint density at radius 3 is 2.58 bits per heavy atom. The van der Waals surface area contributed by atoms with E-state index in [1.807, 2.05) is 33.8 Å². The Bertz CT molecular complexity index is 1560. The van der Waals surface area contributed by atoms with Crippen molar-refractivity contribution in [1.82, 2.24) is 35.3 Å². The maximum absolute atomic E-state index is 13.1. The van der Waals surface area contributed by atoms with Crippen LogP contribution in [0.15, 0.2) is 60.9 Å². The molecule has 0 aliphatic rings. The number of nitrogens with zero attached hydrogens (tertiary/aromatic N) is 6. The highest BCUT2D eigenvalue weighted by Crippen LogP contribution is 2.20. The zero-order valence-corrected chi connectivity index (χ0v) is 25.2. The standard InChI is InChI=1S/C30H35ClN8O4/c1-20-15-25(35-38(20)13-14-40)17-26(18-32-24-9-5-21(6-10-24)29(42)43-30(2,3)4)34-28(41)12-7-22-16-23(31)8-11-27(22)39-19-33-36-37-39/h5-12,15-16,19,26,32,40H,13-14,17-18H2,1-4H3,(H,34,41). The second-order valence-electron chi connectivity index (χ2n) is 10.9. The average Bonchev–Trinajstić information content (AvgIpc) is 3.60. The van der Waals surface area contributed by atoms with Gasteiger partial charge in [0.25, 0.3) is 0 Å². The zero-order valence-electron chi connectivity index (χ0n) is 24.5. The molecule has 4 rings (SSSR count). The SMILES string of the molecule is Cc1cc(CC(CNc2ccc(C(=O)OC(C)(C)C)cc2)NC(=O)C=Cc2cc(Cl)ccc2-n2cnnn2)nn1CCO. The first-order valence-corrected chi connectivity index (χ1v) is 14.1. The summed E-state index contributed by atoms with van der Waals surface area (Å²) in [4.78, 5) is 25.5. The number of aromatic nitrogens is 6. The van der Waals surface area contributed by atoms with E-state index in [0.717, 1.165) is 17.1 Å². The summed E-state index contributed by atoms with van der Waals surface area (Å²) >= 11 is 6.21. The monoisotopic (exact) mass is 606 g/mol. The molecule has 12 nitrogen and oxygen atoms in total. The molecule has 0 spiro atoms. The molecule has 13 heteroatoms. The van der Waals surface area contributed by atoms with Gasteiger partial charge in [-0.15, -0.1) is 5.10 Å². The number of amides is 1. The number of halogens is 1. The minimum Gasteiger partial charge on any atom is -0.456 e. The zero-order chi connectivity index (χ0) is 31.0. The first kappa shape index (κ1) is 31.4. The molecule has 226 valence electrons. The van der Waals surface area contributed by atoms with Gasteiger partial charge in [0.2, 0.25) is 5.91 Å². The minimum atomic E-state index is -0.585. The van der Waals surface area contributed by atoms with Crippen LogP contribution in [0.4, 0.5) is 5.69 Å². The van der Waals surface area contributed by atoms with Crippen molar-refractivity contribution in [2.45, 2.75) is 52.3 Å². The summed E-state index contributed by atoms with van der Waals surface area (Å²) in [7, 11) is 0. The topological polar surface area (TPSA) is 149 Å². The summed E-state index contributed by atoms with van der Waals surface area (Å²) in [5.74, 6) is -0.714. The van der Waals surface area contributed by atoms with Crippen LogP contribution < -0.4 is 10.6 Å². The van der Waals surface area contributed by atoms with E-state index in [1.54, 1.807) is 53.2 Å². The van der Waals surface area contributed by atoms with Crippen LogP contribution in [0, 0.1) is 6.92 Å². The molecule has 0 radical (unpaired) electrons. The predicted molar refractivity (Wildman–Crippen MR) is 163 cm³/mol. The minimum absolute atomic E-state index is 0.0239. The summed E-state index contributed by atoms with van der Waals surface area (Å²) in [5, 5.41) is 32.1. The first-order valence-electron chi connectivity index (χ1n) is 13.7. The molecule has 1 amide bonds. The van der Waals surface area contributed by atoms with Crippen molar-refractivity contribution < 1.29 is 19.4 Å². The van der Waals surface area contributed by atoms with E-state index in [2.05, 4.69) is 31.3 Å². The second kappa shape index (κ2) is 14.1. The highest BCUT2D eigenvalue weighted by atomic mass is 35.5. The normalized spacial score (nSPS) is 12.3. The van der Waals surface area contributed by atoms with Crippen molar-refractivity contribution >= 4 is 35.2 Å². The van der Waals surface area contributed by atoms with Gasteiger partial charge in [-0.25, -0.2) is 4.79 Å². The number of aliphatic hydroxyl groups is 1. The molecule has 43 heavy (non-hydrogen) atoms. The summed E-state index contributed by atoms with van der Waals surface area (Å²) < 4.78 is 8.65. The lowest BCUT2D eigenvalue weighted by Crippen LogP contribution is -2.40. The van der Waals surface area contributed by atoms with E-state index in [0.29, 0.717) is 41.3 Å². The van der Waals surface area contributed by atoms with E-state index in [1.165, 1.54) is 17.1 Å². The van der Waals surface area contributed by atoms with Crippen LogP contribution in [0.1, 0.15) is 48.1 Å². The van der Waals surface area contributed by atoms with Crippen LogP contribution in [0.25, 0.3) is 11.8 Å². The van der Waals surface area contributed by atoms with Crippen molar-refractivity contribution in [3.8, 4) is 5.69 Å². The number of ether oxygens (including phenoxy) is 1. The van der Waals surface area contributed by atoms with Crippen LogP contribution in [-0.2, 0) is 22.5 Å². The number of esters is 1. The summed E-state index contributed by atoms with van der Waals surface area (Å²) in [6, 6.07) is 13.8. The Hall–Kier alpha value is -4.55. The van der Waals surface area contributed by atoms with Crippen molar-refractivity contribution in [3.05, 3.63) is 88.5 Å². The third kappa shape index (κ3) is 9.22. The fourth-order valence-corrected chi connectivity index (χ4v) is 4.46. The molecule has 4 aromatic rings. The molecule has 0 fully saturated rings. The van der Waals surface area contributed by atoms with Crippen molar-refractivity contribution in [1.29, 1.82) is 0 Å². The number of carbonyl (C=O) groups excluding carboxylic acids is 2. The molecule has 2 heterocycles. The third-order valence-electron chi connectivity index (χ3n) is 6.22. The highest BCUT2D eigenvalue weighted by Gasteiger charge is 2.18. The quantitative estimate of drug-likeness (QED) is 0.162. The van der Waals surface area contributed by atoms with Crippen LogP contribution in [-0.4, -0.2) is 71.8 Å². The molecular formula is C30H35ClN8O4. The van der Waals surface area contributed by atoms with E-state index in [-0.39, 0.29) is 18.6 Å². The van der Waals surface area contributed by atoms with Gasteiger partial charge in [0, 0.05) is 41.0 Å². The number of aliphatic hydroxyl groups excluding tert-OH is 1. The number of nitrogens with one attached hydrogen (secondary N) is 2. The van der Waals surface area contributed by atoms with Gasteiger partial charge in [-0.05, 0) is 92.7 Å². The number of hydrogen-bond donors (Lipinski definition) is 3. The first-order chi connectivity index (χ1) is 20.5. The number of tetrazole rings is 1. The number of benzene rings is 2. The van der Waals surface area contributed by atoms with Gasteiger partial charge in [0.1, 0.15) is 11.9 Å². The number of carbonyl (C=O) groups is 2. The molecule has 0 bridgehead atoms. The smallest absolute Gasteiger partial charge is 0.338 e. The second-order valence-corrected chi connectivity index (χ2v) is 11.3. The van der Waals surface area contributed by atoms with Crippen LogP contribution >= 0.6 is 11.6 Å². The molecule has 0 saturated heterocycles. The molecule has 2 aromatic heterocycles. The van der Waals surface area contributed by atoms with E-state index < -0.39 is 11.6 Å².